The summed E-state index contributed by atoms with van der Waals surface area (Å²) in [7, 11) is 0. The molecule has 0 bridgehead atoms. The molecule has 0 aromatic heterocycles. The van der Waals surface area contributed by atoms with Crippen molar-refractivity contribution in [2.24, 2.45) is 0 Å². The number of esters is 1. The van der Waals surface area contributed by atoms with Crippen LogP contribution >= 0.6 is 23.2 Å². The normalized spacial score (nSPS) is 21.6. The Hall–Kier alpha value is -1.88. The van der Waals surface area contributed by atoms with E-state index in [1.807, 2.05) is 30.3 Å². The number of hydrogen-bond acceptors (Lipinski definition) is 8. The van der Waals surface area contributed by atoms with Gasteiger partial charge in [-0.1, -0.05) is 108 Å². The van der Waals surface area contributed by atoms with Gasteiger partial charge >= 0.3 is 12.1 Å². The summed E-state index contributed by atoms with van der Waals surface area (Å²) in [4.78, 5) is 24.9. The first kappa shape index (κ1) is 38.3. The van der Waals surface area contributed by atoms with Gasteiger partial charge < -0.3 is 34.1 Å². The third-order valence-electron chi connectivity index (χ3n) is 7.37. The van der Waals surface area contributed by atoms with Gasteiger partial charge in [-0.25, -0.2) is 4.79 Å². The number of hydrogen-bond donors (Lipinski definition) is 2. The summed E-state index contributed by atoms with van der Waals surface area (Å²) in [6, 6.07) is 8.40. The van der Waals surface area contributed by atoms with Crippen molar-refractivity contribution in [2.45, 2.75) is 126 Å². The lowest BCUT2D eigenvalue weighted by molar-refractivity contribution is -0.280. The monoisotopic (exact) mass is 659 g/mol. The Labute approximate surface area is 272 Å². The second-order valence-corrected chi connectivity index (χ2v) is 12.3. The second kappa shape index (κ2) is 23.5. The molecule has 0 spiro atoms. The number of rotatable bonds is 23. The van der Waals surface area contributed by atoms with Crippen molar-refractivity contribution in [3.63, 3.8) is 0 Å². The van der Waals surface area contributed by atoms with Gasteiger partial charge in [-0.15, -0.1) is 29.8 Å². The fourth-order valence-corrected chi connectivity index (χ4v) is 5.20. The van der Waals surface area contributed by atoms with Gasteiger partial charge in [-0.05, 0) is 12.0 Å². The number of aliphatic hydroxyl groups excluding tert-OH is 1. The molecule has 2 N–H and O–H groups in total. The molecule has 5 atom stereocenters. The number of amides is 1. The highest BCUT2D eigenvalue weighted by Gasteiger charge is 2.50. The number of ether oxygens (including phenoxy) is 5. The van der Waals surface area contributed by atoms with Crippen LogP contribution in [0.4, 0.5) is 4.79 Å². The minimum Gasteiger partial charge on any atom is -0.457 e. The van der Waals surface area contributed by atoms with Crippen molar-refractivity contribution in [3.8, 4) is 0 Å². The number of alkyl halides is 2. The maximum Gasteiger partial charge on any atom is 0.407 e. The van der Waals surface area contributed by atoms with Crippen molar-refractivity contribution < 1.29 is 38.4 Å². The summed E-state index contributed by atoms with van der Waals surface area (Å²) in [5.74, 6) is -0.443. The third-order valence-corrected chi connectivity index (χ3v) is 7.62. The molecule has 0 aliphatic carbocycles. The van der Waals surface area contributed by atoms with Crippen LogP contribution in [-0.4, -0.2) is 72.5 Å². The zero-order chi connectivity index (χ0) is 32.0. The molecule has 0 radical (unpaired) electrons. The van der Waals surface area contributed by atoms with Crippen LogP contribution in [0.5, 0.6) is 0 Å². The van der Waals surface area contributed by atoms with E-state index in [0.717, 1.165) is 24.8 Å². The molecule has 11 heteroatoms. The molecule has 1 saturated heterocycles. The average Bonchev–Trinajstić information content (AvgIpc) is 3.02. The van der Waals surface area contributed by atoms with Crippen LogP contribution in [0.2, 0.25) is 0 Å². The smallest absolute Gasteiger partial charge is 0.407 e. The molecule has 0 unspecified atom stereocenters. The van der Waals surface area contributed by atoms with E-state index in [-0.39, 0.29) is 26.2 Å². The Morgan fingerprint density at radius 3 is 2.20 bits per heavy atom. The van der Waals surface area contributed by atoms with Gasteiger partial charge in [0.15, 0.2) is 12.4 Å². The van der Waals surface area contributed by atoms with E-state index < -0.39 is 54.1 Å². The highest BCUT2D eigenvalue weighted by molar-refractivity contribution is 6.44. The number of carbonyl (C=O) groups excluding carboxylic acids is 2. The first-order valence-electron chi connectivity index (χ1n) is 15.9. The Bertz CT molecular complexity index is 922. The van der Waals surface area contributed by atoms with Crippen molar-refractivity contribution in [2.75, 3.05) is 19.8 Å². The van der Waals surface area contributed by atoms with Crippen LogP contribution in [0.25, 0.3) is 0 Å². The number of aliphatic hydroxyl groups is 1. The van der Waals surface area contributed by atoms with Gasteiger partial charge in [0.1, 0.15) is 29.7 Å². The highest BCUT2D eigenvalue weighted by atomic mass is 35.5. The zero-order valence-corrected chi connectivity index (χ0v) is 27.5. The fraction of sp³-hybridized carbons (Fsp3) is 0.697. The lowest BCUT2D eigenvalue weighted by atomic mass is 9.96. The number of nitrogens with one attached hydrogen (secondary N) is 1. The standard InChI is InChI=1S/C33H51Cl2NO8/c1-3-5-6-7-8-9-10-11-12-13-17-20-28(38)44-31-29(36-33(39)42-24-27(34)35)32(40-21-4-2)43-26(22-37)30(31)41-23-25-18-15-14-16-19-25/h4,14-16,18-19,26-27,29-32,37H,2-3,5-13,17,20-24H2,1H3,(H,36,39)/t26-,29-,30-,31-,32+/m1/s1. The van der Waals surface area contributed by atoms with E-state index >= 15 is 0 Å². The molecule has 1 aliphatic heterocycles. The lowest BCUT2D eigenvalue weighted by Crippen LogP contribution is -2.66. The maximum absolute atomic E-state index is 13.1. The molecule has 250 valence electrons. The second-order valence-electron chi connectivity index (χ2n) is 11.0. The van der Waals surface area contributed by atoms with Crippen molar-refractivity contribution in [1.29, 1.82) is 0 Å². The molecule has 9 nitrogen and oxygen atoms in total. The van der Waals surface area contributed by atoms with E-state index in [4.69, 9.17) is 46.9 Å². The average molecular weight is 661 g/mol. The van der Waals surface area contributed by atoms with Crippen molar-refractivity contribution in [3.05, 3.63) is 48.6 Å². The van der Waals surface area contributed by atoms with Gasteiger partial charge in [0.25, 0.3) is 0 Å². The first-order chi connectivity index (χ1) is 21.4. The molecule has 1 heterocycles. The van der Waals surface area contributed by atoms with Crippen molar-refractivity contribution in [1.82, 2.24) is 5.32 Å². The molecular formula is C33H51Cl2NO8. The SMILES string of the molecule is C=CCO[C@H]1O[C@H](CO)[C@@H](OCc2ccccc2)[C@H](OC(=O)CCCCCCCCCCCCC)[C@H]1NC(=O)OCC(Cl)Cl. The molecular weight excluding hydrogens is 609 g/mol. The van der Waals surface area contributed by atoms with Crippen LogP contribution in [0.1, 0.15) is 89.5 Å². The van der Waals surface area contributed by atoms with Crippen LogP contribution in [0.3, 0.4) is 0 Å². The minimum absolute atomic E-state index is 0.0798. The van der Waals surface area contributed by atoms with Gasteiger partial charge in [-0.2, -0.15) is 0 Å². The Morgan fingerprint density at radius 2 is 1.61 bits per heavy atom. The molecule has 1 aliphatic rings. The summed E-state index contributed by atoms with van der Waals surface area (Å²) in [5, 5.41) is 12.9. The van der Waals surface area contributed by atoms with E-state index in [2.05, 4.69) is 18.8 Å². The fourth-order valence-electron chi connectivity index (χ4n) is 5.08. The van der Waals surface area contributed by atoms with E-state index in [1.165, 1.54) is 51.0 Å². The van der Waals surface area contributed by atoms with E-state index in [1.54, 1.807) is 0 Å². The summed E-state index contributed by atoms with van der Waals surface area (Å²) in [5.41, 5.74) is 0.874. The Kier molecular flexibility index (Phi) is 20.4. The van der Waals surface area contributed by atoms with Crippen LogP contribution in [0.15, 0.2) is 43.0 Å². The molecule has 1 fully saturated rings. The van der Waals surface area contributed by atoms with Gasteiger partial charge in [0.05, 0.1) is 19.8 Å². The predicted molar refractivity (Wildman–Crippen MR) is 172 cm³/mol. The van der Waals surface area contributed by atoms with Gasteiger partial charge in [0.2, 0.25) is 0 Å². The number of unbranched alkanes of at least 4 members (excludes halogenated alkanes) is 10. The molecule has 44 heavy (non-hydrogen) atoms. The molecule has 1 aromatic rings. The number of benzene rings is 1. The van der Waals surface area contributed by atoms with Crippen LogP contribution < -0.4 is 5.32 Å². The van der Waals surface area contributed by atoms with E-state index in [0.29, 0.717) is 6.42 Å². The zero-order valence-electron chi connectivity index (χ0n) is 26.0. The summed E-state index contributed by atoms with van der Waals surface area (Å²) < 4.78 is 29.1. The predicted octanol–water partition coefficient (Wildman–Crippen LogP) is 7.00. The van der Waals surface area contributed by atoms with Gasteiger partial charge in [0, 0.05) is 6.42 Å². The Morgan fingerprint density at radius 1 is 0.977 bits per heavy atom. The molecule has 1 aromatic carbocycles. The molecule has 1 amide bonds. The first-order valence-corrected chi connectivity index (χ1v) is 16.8. The quantitative estimate of drug-likeness (QED) is 0.0559. The third kappa shape index (κ3) is 15.4. The number of alkyl carbamates (subject to hydrolysis) is 1. The summed E-state index contributed by atoms with van der Waals surface area (Å²) in [6.07, 6.45) is 9.66. The molecule has 2 rings (SSSR count). The largest absolute Gasteiger partial charge is 0.457 e. The number of carbonyl (C=O) groups is 2. The van der Waals surface area contributed by atoms with Crippen LogP contribution in [0, 0.1) is 0 Å². The summed E-state index contributed by atoms with van der Waals surface area (Å²) in [6.45, 7) is 5.44. The van der Waals surface area contributed by atoms with E-state index in [9.17, 15) is 14.7 Å². The highest BCUT2D eigenvalue weighted by Crippen LogP contribution is 2.29. The van der Waals surface area contributed by atoms with Crippen molar-refractivity contribution >= 4 is 35.3 Å². The van der Waals surface area contributed by atoms with Gasteiger partial charge in [-0.3, -0.25) is 4.79 Å². The topological polar surface area (TPSA) is 113 Å². The van der Waals surface area contributed by atoms with Crippen LogP contribution in [-0.2, 0) is 35.1 Å². The lowest BCUT2D eigenvalue weighted by Gasteiger charge is -2.45. The Balaban J connectivity index is 2.06. The molecule has 0 saturated carbocycles. The number of halogens is 2. The summed E-state index contributed by atoms with van der Waals surface area (Å²) >= 11 is 11.4. The maximum atomic E-state index is 13.1. The minimum atomic E-state index is -1.10.